The van der Waals surface area contributed by atoms with E-state index in [1.165, 1.54) is 24.8 Å². The summed E-state index contributed by atoms with van der Waals surface area (Å²) in [7, 11) is 0. The van der Waals surface area contributed by atoms with Crippen LogP contribution in [0.5, 0.6) is 0 Å². The maximum Gasteiger partial charge on any atom is 0.193 e. The summed E-state index contributed by atoms with van der Waals surface area (Å²) in [6.45, 7) is 5.08. The number of aryl methyl sites for hydroxylation is 1. The van der Waals surface area contributed by atoms with Gasteiger partial charge in [0.05, 0.1) is 0 Å². The second kappa shape index (κ2) is 7.71. The second-order valence-corrected chi connectivity index (χ2v) is 4.32. The van der Waals surface area contributed by atoms with Gasteiger partial charge in [-0.1, -0.05) is 43.9 Å². The van der Waals surface area contributed by atoms with E-state index in [1.54, 1.807) is 0 Å². The number of anilines is 1. The molecule has 0 aliphatic heterocycles. The first-order valence-corrected chi connectivity index (χ1v) is 6.36. The van der Waals surface area contributed by atoms with E-state index in [2.05, 4.69) is 36.3 Å². The fraction of sp³-hybridized carbons (Fsp3) is 0.500. The number of unbranched alkanes of at least 4 members (excludes halogenated alkanes) is 3. The molecule has 3 heteroatoms. The molecule has 1 rings (SSSR count). The molecule has 0 aromatic heterocycles. The lowest BCUT2D eigenvalue weighted by molar-refractivity contribution is 0.675. The van der Waals surface area contributed by atoms with Gasteiger partial charge in [-0.3, -0.25) is 4.99 Å². The molecule has 0 aliphatic rings. The lowest BCUT2D eigenvalue weighted by Crippen LogP contribution is -2.22. The first-order chi connectivity index (χ1) is 8.22. The molecule has 0 fully saturated rings. The number of guanidine groups is 1. The first-order valence-electron chi connectivity index (χ1n) is 6.36. The molecule has 0 radical (unpaired) electrons. The van der Waals surface area contributed by atoms with Crippen molar-refractivity contribution in [2.45, 2.75) is 39.5 Å². The molecule has 3 nitrogen and oxygen atoms in total. The Kier molecular flexibility index (Phi) is 6.15. The molecular formula is C14H23N3. The summed E-state index contributed by atoms with van der Waals surface area (Å²) < 4.78 is 0. The number of hydrogen-bond acceptors (Lipinski definition) is 1. The van der Waals surface area contributed by atoms with Crippen LogP contribution in [0.25, 0.3) is 0 Å². The van der Waals surface area contributed by atoms with Crippen LogP contribution < -0.4 is 11.1 Å². The Hall–Kier alpha value is -1.51. The number of nitrogens with two attached hydrogens (primary N) is 1. The highest BCUT2D eigenvalue weighted by Gasteiger charge is 1.94. The van der Waals surface area contributed by atoms with E-state index in [0.717, 1.165) is 18.7 Å². The summed E-state index contributed by atoms with van der Waals surface area (Å²) >= 11 is 0. The van der Waals surface area contributed by atoms with E-state index in [0.29, 0.717) is 5.96 Å². The van der Waals surface area contributed by atoms with Crippen molar-refractivity contribution in [2.24, 2.45) is 10.7 Å². The Morgan fingerprint density at radius 1 is 1.18 bits per heavy atom. The molecular weight excluding hydrogens is 210 g/mol. The van der Waals surface area contributed by atoms with Crippen molar-refractivity contribution in [3.8, 4) is 0 Å². The molecule has 17 heavy (non-hydrogen) atoms. The summed E-state index contributed by atoms with van der Waals surface area (Å²) in [5, 5.41) is 3.09. The molecule has 0 unspecified atom stereocenters. The van der Waals surface area contributed by atoms with Gasteiger partial charge in [0, 0.05) is 12.2 Å². The van der Waals surface area contributed by atoms with E-state index in [9.17, 15) is 0 Å². The normalized spacial score (nSPS) is 11.5. The van der Waals surface area contributed by atoms with Gasteiger partial charge >= 0.3 is 0 Å². The van der Waals surface area contributed by atoms with Crippen molar-refractivity contribution < 1.29 is 0 Å². The minimum Gasteiger partial charge on any atom is -0.370 e. The number of nitrogens with one attached hydrogen (secondary N) is 1. The molecule has 0 bridgehead atoms. The van der Waals surface area contributed by atoms with E-state index in [-0.39, 0.29) is 0 Å². The zero-order valence-corrected chi connectivity index (χ0v) is 10.9. The van der Waals surface area contributed by atoms with Crippen molar-refractivity contribution in [1.29, 1.82) is 0 Å². The van der Waals surface area contributed by atoms with Gasteiger partial charge in [0.15, 0.2) is 5.96 Å². The van der Waals surface area contributed by atoms with Crippen LogP contribution in [0.1, 0.15) is 38.2 Å². The van der Waals surface area contributed by atoms with Gasteiger partial charge in [-0.25, -0.2) is 0 Å². The van der Waals surface area contributed by atoms with Crippen LogP contribution >= 0.6 is 0 Å². The Balaban J connectivity index is 2.30. The smallest absolute Gasteiger partial charge is 0.193 e. The van der Waals surface area contributed by atoms with Crippen LogP contribution in [0.2, 0.25) is 0 Å². The largest absolute Gasteiger partial charge is 0.370 e. The molecule has 1 aromatic carbocycles. The van der Waals surface area contributed by atoms with Gasteiger partial charge < -0.3 is 11.1 Å². The highest BCUT2D eigenvalue weighted by atomic mass is 15.1. The zero-order chi connectivity index (χ0) is 12.5. The SMILES string of the molecule is CCCCCCN=C(N)Nc1ccc(C)cc1. The zero-order valence-electron chi connectivity index (χ0n) is 10.9. The molecule has 94 valence electrons. The summed E-state index contributed by atoms with van der Waals surface area (Å²) in [4.78, 5) is 4.30. The van der Waals surface area contributed by atoms with Gasteiger partial charge in [0.25, 0.3) is 0 Å². The lowest BCUT2D eigenvalue weighted by Gasteiger charge is -2.05. The molecule has 0 saturated heterocycles. The van der Waals surface area contributed by atoms with Gasteiger partial charge in [0.1, 0.15) is 0 Å². The van der Waals surface area contributed by atoms with Crippen molar-refractivity contribution in [3.05, 3.63) is 29.8 Å². The standard InChI is InChI=1S/C14H23N3/c1-3-4-5-6-11-16-14(15)17-13-9-7-12(2)8-10-13/h7-10H,3-6,11H2,1-2H3,(H3,15,16,17). The fourth-order valence-electron chi connectivity index (χ4n) is 1.56. The minimum atomic E-state index is 0.505. The first kappa shape index (κ1) is 13.6. The monoisotopic (exact) mass is 233 g/mol. The van der Waals surface area contributed by atoms with Crippen molar-refractivity contribution in [1.82, 2.24) is 0 Å². The molecule has 0 spiro atoms. The number of rotatable bonds is 6. The summed E-state index contributed by atoms with van der Waals surface area (Å²) in [5.74, 6) is 0.505. The highest BCUT2D eigenvalue weighted by molar-refractivity contribution is 5.92. The van der Waals surface area contributed by atoms with Crippen LogP contribution in [-0.2, 0) is 0 Å². The van der Waals surface area contributed by atoms with Gasteiger partial charge in [-0.2, -0.15) is 0 Å². The average Bonchev–Trinajstić information content (AvgIpc) is 2.32. The van der Waals surface area contributed by atoms with E-state index >= 15 is 0 Å². The van der Waals surface area contributed by atoms with Crippen LogP contribution in [0.15, 0.2) is 29.3 Å². The van der Waals surface area contributed by atoms with Crippen molar-refractivity contribution in [2.75, 3.05) is 11.9 Å². The Labute approximate surface area is 104 Å². The molecule has 0 heterocycles. The molecule has 0 saturated carbocycles. The Morgan fingerprint density at radius 2 is 1.88 bits per heavy atom. The second-order valence-electron chi connectivity index (χ2n) is 4.32. The molecule has 1 aromatic rings. The highest BCUT2D eigenvalue weighted by Crippen LogP contribution is 2.07. The molecule has 3 N–H and O–H groups in total. The van der Waals surface area contributed by atoms with Crippen molar-refractivity contribution >= 4 is 11.6 Å². The topological polar surface area (TPSA) is 50.4 Å². The van der Waals surface area contributed by atoms with Crippen molar-refractivity contribution in [3.63, 3.8) is 0 Å². The number of aliphatic imine (C=N–C) groups is 1. The van der Waals surface area contributed by atoms with Crippen LogP contribution in [-0.4, -0.2) is 12.5 Å². The minimum absolute atomic E-state index is 0.505. The lowest BCUT2D eigenvalue weighted by atomic mass is 10.2. The number of hydrogen-bond donors (Lipinski definition) is 2. The number of nitrogens with zero attached hydrogens (tertiary/aromatic N) is 1. The van der Waals surface area contributed by atoms with Crippen LogP contribution in [0, 0.1) is 6.92 Å². The third kappa shape index (κ3) is 5.95. The third-order valence-electron chi connectivity index (χ3n) is 2.62. The maximum atomic E-state index is 5.80. The van der Waals surface area contributed by atoms with Gasteiger partial charge in [-0.15, -0.1) is 0 Å². The average molecular weight is 233 g/mol. The quantitative estimate of drug-likeness (QED) is 0.450. The number of benzene rings is 1. The van der Waals surface area contributed by atoms with Gasteiger partial charge in [-0.05, 0) is 25.5 Å². The molecule has 0 amide bonds. The van der Waals surface area contributed by atoms with E-state index in [1.807, 2.05) is 12.1 Å². The van der Waals surface area contributed by atoms with Crippen LogP contribution in [0.3, 0.4) is 0 Å². The maximum absolute atomic E-state index is 5.80. The van der Waals surface area contributed by atoms with E-state index in [4.69, 9.17) is 5.73 Å². The summed E-state index contributed by atoms with van der Waals surface area (Å²) in [5.41, 5.74) is 8.03. The summed E-state index contributed by atoms with van der Waals surface area (Å²) in [6.07, 6.45) is 4.88. The van der Waals surface area contributed by atoms with Crippen LogP contribution in [0.4, 0.5) is 5.69 Å². The third-order valence-corrected chi connectivity index (χ3v) is 2.62. The Bertz CT molecular complexity index is 341. The summed E-state index contributed by atoms with van der Waals surface area (Å²) in [6, 6.07) is 8.12. The molecule has 0 atom stereocenters. The predicted octanol–water partition coefficient (Wildman–Crippen LogP) is 3.30. The van der Waals surface area contributed by atoms with E-state index < -0.39 is 0 Å². The Morgan fingerprint density at radius 3 is 2.53 bits per heavy atom. The predicted molar refractivity (Wildman–Crippen MR) is 75.4 cm³/mol. The fourth-order valence-corrected chi connectivity index (χ4v) is 1.56. The van der Waals surface area contributed by atoms with Gasteiger partial charge in [0.2, 0.25) is 0 Å². The molecule has 0 aliphatic carbocycles.